The highest BCUT2D eigenvalue weighted by atomic mass is 79.9. The maximum atomic E-state index is 5.31. The van der Waals surface area contributed by atoms with E-state index in [-0.39, 0.29) is 0 Å². The molecule has 0 radical (unpaired) electrons. The van der Waals surface area contributed by atoms with Crippen LogP contribution in [-0.4, -0.2) is 37.2 Å². The van der Waals surface area contributed by atoms with Crippen molar-refractivity contribution >= 4 is 21.6 Å². The summed E-state index contributed by atoms with van der Waals surface area (Å²) >= 11 is 3.61. The van der Waals surface area contributed by atoms with Gasteiger partial charge in [0, 0.05) is 48.0 Å². The summed E-state index contributed by atoms with van der Waals surface area (Å²) in [5.74, 6) is 0. The van der Waals surface area contributed by atoms with Gasteiger partial charge in [0.15, 0.2) is 0 Å². The zero-order chi connectivity index (χ0) is 14.5. The largest absolute Gasteiger partial charge is 0.382 e. The van der Waals surface area contributed by atoms with Crippen LogP contribution in [-0.2, 0) is 11.3 Å². The summed E-state index contributed by atoms with van der Waals surface area (Å²) in [5.41, 5.74) is 2.41. The van der Waals surface area contributed by atoms with Crippen LogP contribution in [0.15, 0.2) is 22.7 Å². The molecule has 1 aliphatic heterocycles. The number of hydrogen-bond acceptors (Lipinski definition) is 3. The second kappa shape index (κ2) is 7.43. The fourth-order valence-corrected chi connectivity index (χ4v) is 3.25. The fraction of sp³-hybridized carbons (Fsp3) is 0.625. The van der Waals surface area contributed by atoms with E-state index in [0.29, 0.717) is 18.7 Å². The second-order valence-electron chi connectivity index (χ2n) is 5.75. The molecule has 0 unspecified atom stereocenters. The van der Waals surface area contributed by atoms with Gasteiger partial charge in [0.05, 0.1) is 6.61 Å². The molecule has 0 spiro atoms. The Morgan fingerprint density at radius 3 is 2.65 bits per heavy atom. The third-order valence-electron chi connectivity index (χ3n) is 4.03. The summed E-state index contributed by atoms with van der Waals surface area (Å²) in [6.07, 6.45) is 2.41. The van der Waals surface area contributed by atoms with Gasteiger partial charge in [-0.3, -0.25) is 0 Å². The lowest BCUT2D eigenvalue weighted by molar-refractivity contribution is 0.176. The van der Waals surface area contributed by atoms with E-state index in [1.165, 1.54) is 37.2 Å². The first kappa shape index (κ1) is 15.8. The first-order chi connectivity index (χ1) is 9.61. The predicted octanol–water partition coefficient (Wildman–Crippen LogP) is 3.88. The minimum atomic E-state index is 0.565. The van der Waals surface area contributed by atoms with E-state index in [0.717, 1.165) is 4.47 Å². The molecular formula is C16H25BrN2O. The Hall–Kier alpha value is -0.580. The van der Waals surface area contributed by atoms with E-state index in [9.17, 15) is 0 Å². The van der Waals surface area contributed by atoms with Gasteiger partial charge in [-0.1, -0.05) is 22.0 Å². The quantitative estimate of drug-likeness (QED) is 0.880. The highest BCUT2D eigenvalue weighted by Gasteiger charge is 2.21. The van der Waals surface area contributed by atoms with Crippen LogP contribution in [0.2, 0.25) is 0 Å². The van der Waals surface area contributed by atoms with Crippen molar-refractivity contribution in [3.63, 3.8) is 0 Å². The molecule has 2 rings (SSSR count). The van der Waals surface area contributed by atoms with E-state index < -0.39 is 0 Å². The minimum absolute atomic E-state index is 0.565. The number of methoxy groups -OCH3 is 1. The molecule has 0 amide bonds. The van der Waals surface area contributed by atoms with Crippen molar-refractivity contribution in [2.24, 2.45) is 0 Å². The molecule has 0 aromatic heterocycles. The maximum absolute atomic E-state index is 5.31. The molecule has 1 heterocycles. The van der Waals surface area contributed by atoms with Gasteiger partial charge < -0.3 is 15.0 Å². The normalized spacial score (nSPS) is 17.6. The Morgan fingerprint density at radius 1 is 1.35 bits per heavy atom. The molecule has 112 valence electrons. The van der Waals surface area contributed by atoms with Crippen LogP contribution >= 0.6 is 15.9 Å². The van der Waals surface area contributed by atoms with Crippen molar-refractivity contribution in [1.82, 2.24) is 4.90 Å². The smallest absolute Gasteiger partial charge is 0.0744 e. The molecule has 4 heteroatoms. The fourth-order valence-electron chi connectivity index (χ4n) is 2.77. The number of hydrogen-bond donors (Lipinski definition) is 1. The Kier molecular flexibility index (Phi) is 5.87. The second-order valence-corrected chi connectivity index (χ2v) is 6.60. The molecule has 1 fully saturated rings. The Morgan fingerprint density at radius 2 is 2.05 bits per heavy atom. The molecule has 20 heavy (non-hydrogen) atoms. The first-order valence-corrected chi connectivity index (χ1v) is 8.18. The van der Waals surface area contributed by atoms with Gasteiger partial charge in [0.2, 0.25) is 0 Å². The van der Waals surface area contributed by atoms with Crippen LogP contribution in [0.1, 0.15) is 32.3 Å². The number of nitrogens with one attached hydrogen (secondary N) is 1. The highest BCUT2D eigenvalue weighted by Crippen LogP contribution is 2.27. The molecule has 0 atom stereocenters. The van der Waals surface area contributed by atoms with E-state index >= 15 is 0 Å². The lowest BCUT2D eigenvalue weighted by Crippen LogP contribution is -2.42. The molecule has 1 N–H and O–H groups in total. The van der Waals surface area contributed by atoms with Crippen LogP contribution in [0, 0.1) is 0 Å². The van der Waals surface area contributed by atoms with E-state index in [1.54, 1.807) is 7.11 Å². The number of halogens is 1. The van der Waals surface area contributed by atoms with Crippen LogP contribution in [0.5, 0.6) is 0 Å². The van der Waals surface area contributed by atoms with Crippen molar-refractivity contribution in [1.29, 1.82) is 0 Å². The summed E-state index contributed by atoms with van der Waals surface area (Å²) in [5, 5.41) is 3.70. The highest BCUT2D eigenvalue weighted by molar-refractivity contribution is 9.10. The summed E-state index contributed by atoms with van der Waals surface area (Å²) < 4.78 is 6.42. The van der Waals surface area contributed by atoms with Gasteiger partial charge in [-0.25, -0.2) is 0 Å². The van der Waals surface area contributed by atoms with Gasteiger partial charge in [-0.05, 0) is 38.8 Å². The topological polar surface area (TPSA) is 24.5 Å². The van der Waals surface area contributed by atoms with Crippen molar-refractivity contribution in [3.8, 4) is 0 Å². The van der Waals surface area contributed by atoms with Crippen LogP contribution in [0.4, 0.5) is 5.69 Å². The van der Waals surface area contributed by atoms with Gasteiger partial charge in [-0.2, -0.15) is 0 Å². The number of nitrogens with zero attached hydrogens (tertiary/aromatic N) is 1. The maximum Gasteiger partial charge on any atom is 0.0744 e. The number of rotatable bonds is 5. The summed E-state index contributed by atoms with van der Waals surface area (Å²) in [4.78, 5) is 2.55. The molecule has 1 aliphatic rings. The minimum Gasteiger partial charge on any atom is -0.382 e. The SMILES string of the molecule is COCc1c(Br)cccc1NC1CCN(C(C)C)CC1. The van der Waals surface area contributed by atoms with Gasteiger partial charge in [0.1, 0.15) is 0 Å². The third-order valence-corrected chi connectivity index (χ3v) is 4.77. The van der Waals surface area contributed by atoms with Crippen LogP contribution in [0.3, 0.4) is 0 Å². The lowest BCUT2D eigenvalue weighted by atomic mass is 10.0. The lowest BCUT2D eigenvalue weighted by Gasteiger charge is -2.35. The summed E-state index contributed by atoms with van der Waals surface area (Å²) in [6.45, 7) is 7.55. The number of ether oxygens (including phenoxy) is 1. The van der Waals surface area contributed by atoms with E-state index in [4.69, 9.17) is 4.74 Å². The molecule has 1 aromatic carbocycles. The van der Waals surface area contributed by atoms with Gasteiger partial charge >= 0.3 is 0 Å². The number of anilines is 1. The number of piperidine rings is 1. The number of benzene rings is 1. The van der Waals surface area contributed by atoms with Crippen LogP contribution < -0.4 is 5.32 Å². The zero-order valence-electron chi connectivity index (χ0n) is 12.7. The first-order valence-electron chi connectivity index (χ1n) is 7.38. The number of likely N-dealkylation sites (tertiary alicyclic amines) is 1. The third kappa shape index (κ3) is 3.96. The van der Waals surface area contributed by atoms with Crippen molar-refractivity contribution in [2.75, 3.05) is 25.5 Å². The molecule has 1 aromatic rings. The molecule has 3 nitrogen and oxygen atoms in total. The monoisotopic (exact) mass is 340 g/mol. The molecule has 1 saturated heterocycles. The summed E-state index contributed by atoms with van der Waals surface area (Å²) in [7, 11) is 1.74. The van der Waals surface area contributed by atoms with E-state index in [1.807, 2.05) is 0 Å². The average Bonchev–Trinajstić information content (AvgIpc) is 2.43. The average molecular weight is 341 g/mol. The van der Waals surface area contributed by atoms with Gasteiger partial charge in [0.25, 0.3) is 0 Å². The standard InChI is InChI=1S/C16H25BrN2O/c1-12(2)19-9-7-13(8-10-19)18-16-6-4-5-15(17)14(16)11-20-3/h4-6,12-13,18H,7-11H2,1-3H3. The van der Waals surface area contributed by atoms with Crippen molar-refractivity contribution in [2.45, 2.75) is 45.4 Å². The zero-order valence-corrected chi connectivity index (χ0v) is 14.2. The molecule has 0 saturated carbocycles. The van der Waals surface area contributed by atoms with Crippen molar-refractivity contribution < 1.29 is 4.74 Å². The molecule has 0 aliphatic carbocycles. The molecular weight excluding hydrogens is 316 g/mol. The van der Waals surface area contributed by atoms with E-state index in [2.05, 4.69) is 58.2 Å². The predicted molar refractivity (Wildman–Crippen MR) is 88.2 cm³/mol. The van der Waals surface area contributed by atoms with Gasteiger partial charge in [-0.15, -0.1) is 0 Å². The Balaban J connectivity index is 1.99. The van der Waals surface area contributed by atoms with Crippen LogP contribution in [0.25, 0.3) is 0 Å². The molecule has 0 bridgehead atoms. The van der Waals surface area contributed by atoms with Crippen molar-refractivity contribution in [3.05, 3.63) is 28.2 Å². The summed E-state index contributed by atoms with van der Waals surface area (Å²) in [6, 6.07) is 7.52. The Bertz CT molecular complexity index is 428. The Labute approximate surface area is 130 Å².